The summed E-state index contributed by atoms with van der Waals surface area (Å²) in [5, 5.41) is 11.7. The molecule has 0 radical (unpaired) electrons. The minimum atomic E-state index is 0.501. The zero-order valence-electron chi connectivity index (χ0n) is 17.5. The summed E-state index contributed by atoms with van der Waals surface area (Å²) in [6.07, 6.45) is 1.94. The maximum Gasteiger partial charge on any atom is 0.438 e. The molecule has 0 saturated heterocycles. The van der Waals surface area contributed by atoms with Crippen LogP contribution in [0.5, 0.6) is 0 Å². The van der Waals surface area contributed by atoms with E-state index in [1.165, 1.54) is 0 Å². The van der Waals surface area contributed by atoms with Gasteiger partial charge in [-0.2, -0.15) is 15.2 Å². The van der Waals surface area contributed by atoms with Crippen LogP contribution in [0.25, 0.3) is 0 Å². The fraction of sp³-hybridized carbons (Fsp3) is 0.273. The Morgan fingerprint density at radius 3 is 2.27 bits per heavy atom. The van der Waals surface area contributed by atoms with Gasteiger partial charge in [-0.25, -0.2) is 4.58 Å². The van der Waals surface area contributed by atoms with Gasteiger partial charge >= 0.3 is 11.9 Å². The van der Waals surface area contributed by atoms with Crippen molar-refractivity contribution < 1.29 is 9.31 Å². The molecule has 0 fully saturated rings. The Morgan fingerprint density at radius 2 is 1.60 bits per heavy atom. The van der Waals surface area contributed by atoms with Crippen LogP contribution in [-0.2, 0) is 4.74 Å². The molecule has 3 aromatic rings. The molecule has 0 unspecified atom stereocenters. The average Bonchev–Trinajstić information content (AvgIpc) is 2.81. The monoisotopic (exact) mass is 404 g/mol. The third kappa shape index (κ3) is 5.99. The van der Waals surface area contributed by atoms with E-state index in [0.29, 0.717) is 30.9 Å². The molecule has 0 spiro atoms. The summed E-state index contributed by atoms with van der Waals surface area (Å²) in [6, 6.07) is 17.2. The normalized spacial score (nSPS) is 13.4. The van der Waals surface area contributed by atoms with E-state index in [1.54, 1.807) is 0 Å². The van der Waals surface area contributed by atoms with Gasteiger partial charge in [-0.3, -0.25) is 0 Å². The van der Waals surface area contributed by atoms with Gasteiger partial charge in [0, 0.05) is 12.6 Å². The molecule has 30 heavy (non-hydrogen) atoms. The zero-order valence-corrected chi connectivity index (χ0v) is 17.5. The lowest BCUT2D eigenvalue weighted by Gasteiger charge is -2.10. The number of azo groups is 1. The lowest BCUT2D eigenvalue weighted by Crippen LogP contribution is -2.24. The van der Waals surface area contributed by atoms with Crippen molar-refractivity contribution in [3.05, 3.63) is 60.4 Å². The van der Waals surface area contributed by atoms with Crippen LogP contribution in [0.3, 0.4) is 0 Å². The Balaban J connectivity index is 0.00000124. The van der Waals surface area contributed by atoms with E-state index in [-0.39, 0.29) is 0 Å². The number of rotatable bonds is 5. The van der Waals surface area contributed by atoms with Crippen LogP contribution in [-0.4, -0.2) is 45.5 Å². The number of nitrogens with one attached hydrogen (secondary N) is 1. The molecular weight excluding hydrogens is 378 g/mol. The Morgan fingerprint density at radius 1 is 0.900 bits per heavy atom. The van der Waals surface area contributed by atoms with Crippen LogP contribution < -0.4 is 5.32 Å². The highest BCUT2D eigenvalue weighted by Gasteiger charge is 2.19. The summed E-state index contributed by atoms with van der Waals surface area (Å²) in [7, 11) is 0. The van der Waals surface area contributed by atoms with Gasteiger partial charge in [-0.05, 0) is 41.4 Å². The Labute approximate surface area is 176 Å². The SMILES string of the molecule is CC.Cc1nc(Nc2ccc(N=Nc3ccccc3)cc2)nc([N+]2=CCOCC2)n1. The van der Waals surface area contributed by atoms with E-state index in [4.69, 9.17) is 4.74 Å². The first-order valence-corrected chi connectivity index (χ1v) is 10.0. The highest BCUT2D eigenvalue weighted by atomic mass is 16.5. The number of benzene rings is 2. The number of hydrogen-bond acceptors (Lipinski definition) is 7. The van der Waals surface area contributed by atoms with Crippen LogP contribution in [0.1, 0.15) is 19.7 Å². The Kier molecular flexibility index (Phi) is 7.68. The average molecular weight is 404 g/mol. The summed E-state index contributed by atoms with van der Waals surface area (Å²) in [6.45, 7) is 7.79. The quantitative estimate of drug-likeness (QED) is 0.471. The fourth-order valence-electron chi connectivity index (χ4n) is 2.66. The lowest BCUT2D eigenvalue weighted by molar-refractivity contribution is -0.458. The number of nitrogens with zero attached hydrogens (tertiary/aromatic N) is 6. The van der Waals surface area contributed by atoms with Crippen LogP contribution in [0.15, 0.2) is 64.8 Å². The molecule has 0 atom stereocenters. The number of ether oxygens (including phenoxy) is 1. The van der Waals surface area contributed by atoms with Crippen molar-refractivity contribution in [2.75, 3.05) is 25.1 Å². The molecule has 1 aliphatic heterocycles. The molecule has 2 aromatic carbocycles. The molecule has 154 valence electrons. The first-order valence-electron chi connectivity index (χ1n) is 10.0. The summed E-state index contributed by atoms with van der Waals surface area (Å²) in [4.78, 5) is 13.3. The van der Waals surface area contributed by atoms with Crippen molar-refractivity contribution in [2.45, 2.75) is 20.8 Å². The number of aryl methyl sites for hydroxylation is 1. The Hall–Kier alpha value is -3.52. The van der Waals surface area contributed by atoms with Crippen LogP contribution in [0, 0.1) is 6.92 Å². The standard InChI is InChI=1S/C20H20N7O.C2H6/c1-15-21-19(24-20(22-15)27-11-13-28-14-12-27)23-16-7-9-18(10-8-16)26-25-17-5-3-2-4-6-17;1-2/h2-11H,12-14H2,1H3,(H,21,22,23,24);1-2H3/q+1;. The molecule has 8 heteroatoms. The van der Waals surface area contributed by atoms with Gasteiger partial charge in [0.05, 0.1) is 37.3 Å². The molecule has 0 amide bonds. The van der Waals surface area contributed by atoms with E-state index >= 15 is 0 Å². The van der Waals surface area contributed by atoms with Crippen molar-refractivity contribution in [3.8, 4) is 0 Å². The van der Waals surface area contributed by atoms with Gasteiger partial charge in [0.2, 0.25) is 5.82 Å². The molecule has 1 N–H and O–H groups in total. The van der Waals surface area contributed by atoms with E-state index in [2.05, 4.69) is 30.5 Å². The number of anilines is 2. The van der Waals surface area contributed by atoms with E-state index in [0.717, 1.165) is 23.6 Å². The fourth-order valence-corrected chi connectivity index (χ4v) is 2.66. The van der Waals surface area contributed by atoms with Gasteiger partial charge in [-0.1, -0.05) is 37.0 Å². The molecule has 1 aromatic heterocycles. The van der Waals surface area contributed by atoms with Crippen LogP contribution >= 0.6 is 0 Å². The van der Waals surface area contributed by atoms with Gasteiger partial charge < -0.3 is 10.1 Å². The molecular formula is C22H26N7O+. The minimum absolute atomic E-state index is 0.501. The molecule has 0 aliphatic carbocycles. The van der Waals surface area contributed by atoms with Crippen molar-refractivity contribution in [2.24, 2.45) is 10.2 Å². The lowest BCUT2D eigenvalue weighted by atomic mass is 10.3. The van der Waals surface area contributed by atoms with Crippen LogP contribution in [0.4, 0.5) is 29.0 Å². The van der Waals surface area contributed by atoms with Gasteiger partial charge in [0.15, 0.2) is 0 Å². The molecule has 8 nitrogen and oxygen atoms in total. The Bertz CT molecular complexity index is 1000. The molecule has 2 heterocycles. The van der Waals surface area contributed by atoms with Crippen molar-refractivity contribution in [1.82, 2.24) is 15.0 Å². The summed E-state index contributed by atoms with van der Waals surface area (Å²) in [5.74, 6) is 1.77. The van der Waals surface area contributed by atoms with Gasteiger partial charge in [0.25, 0.3) is 0 Å². The largest absolute Gasteiger partial charge is 0.438 e. The molecule has 1 aliphatic rings. The maximum atomic E-state index is 5.34. The number of aromatic nitrogens is 3. The molecule has 4 rings (SSSR count). The topological polar surface area (TPSA) is 87.7 Å². The summed E-state index contributed by atoms with van der Waals surface area (Å²) < 4.78 is 7.32. The van der Waals surface area contributed by atoms with Gasteiger partial charge in [0.1, 0.15) is 0 Å². The highest BCUT2D eigenvalue weighted by molar-refractivity contribution is 5.58. The first-order chi connectivity index (χ1) is 14.8. The third-order valence-corrected chi connectivity index (χ3v) is 4.04. The highest BCUT2D eigenvalue weighted by Crippen LogP contribution is 2.22. The van der Waals surface area contributed by atoms with Crippen molar-refractivity contribution in [3.63, 3.8) is 0 Å². The third-order valence-electron chi connectivity index (χ3n) is 4.04. The second-order valence-corrected chi connectivity index (χ2v) is 6.16. The van der Waals surface area contributed by atoms with E-state index in [1.807, 2.05) is 86.2 Å². The molecule has 0 bridgehead atoms. The smallest absolute Gasteiger partial charge is 0.371 e. The van der Waals surface area contributed by atoms with E-state index < -0.39 is 0 Å². The van der Waals surface area contributed by atoms with Gasteiger partial charge in [-0.15, -0.1) is 0 Å². The second kappa shape index (κ2) is 10.9. The number of hydrogen-bond donors (Lipinski definition) is 1. The zero-order chi connectivity index (χ0) is 21.2. The second-order valence-electron chi connectivity index (χ2n) is 6.16. The van der Waals surface area contributed by atoms with Crippen molar-refractivity contribution >= 4 is 35.2 Å². The minimum Gasteiger partial charge on any atom is -0.371 e. The van der Waals surface area contributed by atoms with Crippen molar-refractivity contribution in [1.29, 1.82) is 0 Å². The maximum absolute atomic E-state index is 5.34. The molecule has 0 saturated carbocycles. The first kappa shape index (κ1) is 21.2. The summed E-state index contributed by atoms with van der Waals surface area (Å²) in [5.41, 5.74) is 2.45. The predicted molar refractivity (Wildman–Crippen MR) is 118 cm³/mol. The predicted octanol–water partition coefficient (Wildman–Crippen LogP) is 5.11. The van der Waals surface area contributed by atoms with Crippen LogP contribution in [0.2, 0.25) is 0 Å². The summed E-state index contributed by atoms with van der Waals surface area (Å²) >= 11 is 0. The van der Waals surface area contributed by atoms with E-state index in [9.17, 15) is 0 Å².